The molecule has 17 heavy (non-hydrogen) atoms. The van der Waals surface area contributed by atoms with E-state index in [-0.39, 0.29) is 17.1 Å². The van der Waals surface area contributed by atoms with Crippen LogP contribution in [0, 0.1) is 5.82 Å². The van der Waals surface area contributed by atoms with Gasteiger partial charge in [-0.2, -0.15) is 0 Å². The van der Waals surface area contributed by atoms with Crippen molar-refractivity contribution in [1.82, 2.24) is 4.57 Å². The monoisotopic (exact) mass is 315 g/mol. The summed E-state index contributed by atoms with van der Waals surface area (Å²) in [6, 6.07) is 7.65. The number of hydrogen-bond donors (Lipinski definition) is 0. The summed E-state index contributed by atoms with van der Waals surface area (Å²) in [6.07, 6.45) is 1.64. The van der Waals surface area contributed by atoms with Crippen molar-refractivity contribution in [3.05, 3.63) is 67.8 Å². The van der Waals surface area contributed by atoms with Gasteiger partial charge in [0.25, 0.3) is 5.56 Å². The third kappa shape index (κ3) is 2.76. The van der Waals surface area contributed by atoms with E-state index in [1.165, 1.54) is 16.7 Å². The molecule has 1 aromatic carbocycles. The zero-order valence-corrected chi connectivity index (χ0v) is 11.0. The molecule has 1 aromatic heterocycles. The van der Waals surface area contributed by atoms with Crippen LogP contribution < -0.4 is 5.56 Å². The van der Waals surface area contributed by atoms with E-state index in [2.05, 4.69) is 15.9 Å². The summed E-state index contributed by atoms with van der Waals surface area (Å²) >= 11 is 9.11. The van der Waals surface area contributed by atoms with Crippen LogP contribution in [0.15, 0.2) is 45.8 Å². The first-order chi connectivity index (χ1) is 8.08. The fourth-order valence-electron chi connectivity index (χ4n) is 1.48. The van der Waals surface area contributed by atoms with Crippen LogP contribution in [-0.4, -0.2) is 4.57 Å². The predicted molar refractivity (Wildman–Crippen MR) is 68.9 cm³/mol. The first-order valence-corrected chi connectivity index (χ1v) is 6.04. The number of pyridine rings is 1. The molecule has 0 saturated heterocycles. The van der Waals surface area contributed by atoms with Crippen LogP contribution in [0.3, 0.4) is 0 Å². The minimum atomic E-state index is -0.479. The number of benzene rings is 1. The lowest BCUT2D eigenvalue weighted by Crippen LogP contribution is -2.19. The molecule has 2 aromatic rings. The van der Waals surface area contributed by atoms with Gasteiger partial charge in [0.1, 0.15) is 5.82 Å². The van der Waals surface area contributed by atoms with Gasteiger partial charge in [-0.25, -0.2) is 4.39 Å². The number of hydrogen-bond acceptors (Lipinski definition) is 1. The van der Waals surface area contributed by atoms with Crippen molar-refractivity contribution in [3.8, 4) is 0 Å². The number of rotatable bonds is 2. The Morgan fingerprint density at radius 3 is 2.82 bits per heavy atom. The van der Waals surface area contributed by atoms with Crippen LogP contribution in [0.4, 0.5) is 4.39 Å². The van der Waals surface area contributed by atoms with Crippen LogP contribution in [0.1, 0.15) is 5.56 Å². The van der Waals surface area contributed by atoms with Gasteiger partial charge < -0.3 is 4.57 Å². The second kappa shape index (κ2) is 5.02. The first-order valence-electron chi connectivity index (χ1n) is 4.87. The van der Waals surface area contributed by atoms with E-state index in [0.29, 0.717) is 5.56 Å². The third-order valence-corrected chi connectivity index (χ3v) is 3.21. The van der Waals surface area contributed by atoms with E-state index in [1.54, 1.807) is 24.4 Å². The van der Waals surface area contributed by atoms with Gasteiger partial charge in [0.15, 0.2) is 0 Å². The smallest absolute Gasteiger partial charge is 0.250 e. The van der Waals surface area contributed by atoms with Crippen molar-refractivity contribution >= 4 is 27.5 Å². The molecular weight excluding hydrogens is 308 g/mol. The second-order valence-corrected chi connectivity index (χ2v) is 4.82. The largest absolute Gasteiger partial charge is 0.310 e. The fraction of sp³-hybridized carbons (Fsp3) is 0.0833. The van der Waals surface area contributed by atoms with Gasteiger partial charge in [-0.05, 0) is 33.6 Å². The van der Waals surface area contributed by atoms with Crippen molar-refractivity contribution in [2.45, 2.75) is 6.54 Å². The van der Waals surface area contributed by atoms with Gasteiger partial charge in [0.05, 0.1) is 11.6 Å². The number of halogens is 3. The SMILES string of the molecule is O=c1ccc(Br)cn1Cc1cccc(F)c1Cl. The fourth-order valence-corrected chi connectivity index (χ4v) is 2.04. The van der Waals surface area contributed by atoms with Crippen molar-refractivity contribution in [2.24, 2.45) is 0 Å². The highest BCUT2D eigenvalue weighted by atomic mass is 79.9. The summed E-state index contributed by atoms with van der Waals surface area (Å²) in [4.78, 5) is 11.6. The standard InChI is InChI=1S/C12H8BrClFNO/c13-9-4-5-11(17)16(7-9)6-8-2-1-3-10(15)12(8)14/h1-5,7H,6H2. The molecule has 0 aliphatic rings. The normalized spacial score (nSPS) is 10.5. The maximum absolute atomic E-state index is 13.2. The Morgan fingerprint density at radius 2 is 2.06 bits per heavy atom. The first kappa shape index (κ1) is 12.3. The summed E-state index contributed by atoms with van der Waals surface area (Å²) in [5, 5.41) is 0.0550. The van der Waals surface area contributed by atoms with Gasteiger partial charge in [-0.1, -0.05) is 23.7 Å². The Hall–Kier alpha value is -1.13. The summed E-state index contributed by atoms with van der Waals surface area (Å²) in [5.74, 6) is -0.479. The average molecular weight is 317 g/mol. The van der Waals surface area contributed by atoms with Crippen molar-refractivity contribution in [2.75, 3.05) is 0 Å². The van der Waals surface area contributed by atoms with E-state index in [4.69, 9.17) is 11.6 Å². The molecule has 2 nitrogen and oxygen atoms in total. The average Bonchev–Trinajstić information content (AvgIpc) is 2.30. The van der Waals surface area contributed by atoms with E-state index < -0.39 is 5.82 Å². The second-order valence-electron chi connectivity index (χ2n) is 3.53. The van der Waals surface area contributed by atoms with Gasteiger partial charge in [-0.15, -0.1) is 0 Å². The van der Waals surface area contributed by atoms with Crippen LogP contribution in [-0.2, 0) is 6.54 Å². The molecule has 0 fully saturated rings. The highest BCUT2D eigenvalue weighted by molar-refractivity contribution is 9.10. The number of nitrogens with zero attached hydrogens (tertiary/aromatic N) is 1. The van der Waals surface area contributed by atoms with Crippen molar-refractivity contribution in [3.63, 3.8) is 0 Å². The molecule has 0 aliphatic carbocycles. The Bertz CT molecular complexity index is 612. The lowest BCUT2D eigenvalue weighted by Gasteiger charge is -2.08. The molecule has 0 atom stereocenters. The Kier molecular flexibility index (Phi) is 3.64. The van der Waals surface area contributed by atoms with E-state index in [9.17, 15) is 9.18 Å². The van der Waals surface area contributed by atoms with Gasteiger partial charge >= 0.3 is 0 Å². The maximum Gasteiger partial charge on any atom is 0.250 e. The zero-order valence-electron chi connectivity index (χ0n) is 8.66. The minimum Gasteiger partial charge on any atom is -0.310 e. The Balaban J connectivity index is 2.41. The molecule has 0 unspecified atom stereocenters. The third-order valence-electron chi connectivity index (χ3n) is 2.32. The van der Waals surface area contributed by atoms with E-state index in [1.807, 2.05) is 0 Å². The Morgan fingerprint density at radius 1 is 1.29 bits per heavy atom. The summed E-state index contributed by atoms with van der Waals surface area (Å²) < 4.78 is 15.5. The number of aromatic nitrogens is 1. The molecule has 5 heteroatoms. The molecule has 0 N–H and O–H groups in total. The van der Waals surface area contributed by atoms with Crippen LogP contribution in [0.5, 0.6) is 0 Å². The molecule has 88 valence electrons. The lowest BCUT2D eigenvalue weighted by molar-refractivity contribution is 0.623. The van der Waals surface area contributed by atoms with Gasteiger partial charge in [0.2, 0.25) is 0 Å². The van der Waals surface area contributed by atoms with Crippen LogP contribution in [0.25, 0.3) is 0 Å². The van der Waals surface area contributed by atoms with Crippen molar-refractivity contribution in [1.29, 1.82) is 0 Å². The molecule has 0 saturated carbocycles. The Labute approximate surface area is 111 Å². The minimum absolute atomic E-state index is 0.0550. The van der Waals surface area contributed by atoms with Gasteiger partial charge in [-0.3, -0.25) is 4.79 Å². The summed E-state index contributed by atoms with van der Waals surface area (Å²) in [6.45, 7) is 0.245. The molecule has 0 spiro atoms. The highest BCUT2D eigenvalue weighted by Crippen LogP contribution is 2.20. The molecular formula is C12H8BrClFNO. The van der Waals surface area contributed by atoms with Crippen LogP contribution >= 0.6 is 27.5 Å². The summed E-state index contributed by atoms with van der Waals surface area (Å²) in [7, 11) is 0. The molecule has 0 aliphatic heterocycles. The maximum atomic E-state index is 13.2. The zero-order chi connectivity index (χ0) is 12.4. The van der Waals surface area contributed by atoms with E-state index in [0.717, 1.165) is 4.47 Å². The highest BCUT2D eigenvalue weighted by Gasteiger charge is 2.07. The summed E-state index contributed by atoms with van der Waals surface area (Å²) in [5.41, 5.74) is 0.417. The molecule has 0 radical (unpaired) electrons. The molecule has 2 rings (SSSR count). The van der Waals surface area contributed by atoms with E-state index >= 15 is 0 Å². The van der Waals surface area contributed by atoms with Gasteiger partial charge in [0, 0.05) is 16.7 Å². The lowest BCUT2D eigenvalue weighted by atomic mass is 10.2. The predicted octanol–water partition coefficient (Wildman–Crippen LogP) is 3.45. The molecule has 1 heterocycles. The van der Waals surface area contributed by atoms with Crippen molar-refractivity contribution < 1.29 is 4.39 Å². The molecule has 0 amide bonds. The quantitative estimate of drug-likeness (QED) is 0.832. The topological polar surface area (TPSA) is 22.0 Å². The molecule has 0 bridgehead atoms. The van der Waals surface area contributed by atoms with Crippen LogP contribution in [0.2, 0.25) is 5.02 Å².